The zero-order chi connectivity index (χ0) is 16.9. The van der Waals surface area contributed by atoms with Crippen LogP contribution in [0.3, 0.4) is 0 Å². The number of hydrogen-bond donors (Lipinski definition) is 2. The smallest absolute Gasteiger partial charge is 0.408 e. The topological polar surface area (TPSA) is 111 Å². The van der Waals surface area contributed by atoms with E-state index in [0.717, 1.165) is 0 Å². The van der Waals surface area contributed by atoms with Gasteiger partial charge in [0.05, 0.1) is 0 Å². The highest BCUT2D eigenvalue weighted by Gasteiger charge is 2.26. The lowest BCUT2D eigenvalue weighted by Gasteiger charge is -2.22. The summed E-state index contributed by atoms with van der Waals surface area (Å²) in [6.45, 7) is 6.60. The molecule has 0 heterocycles. The zero-order valence-corrected chi connectivity index (χ0v) is 13.3. The van der Waals surface area contributed by atoms with Gasteiger partial charge in [0.1, 0.15) is 11.6 Å². The predicted molar refractivity (Wildman–Crippen MR) is 79.9 cm³/mol. The number of carbonyl (C=O) groups is 2. The number of ether oxygens (including phenoxy) is 1. The van der Waals surface area contributed by atoms with Crippen LogP contribution in [0.15, 0.2) is 12.2 Å². The van der Waals surface area contributed by atoms with Crippen LogP contribution in [0.4, 0.5) is 4.79 Å². The van der Waals surface area contributed by atoms with Crippen molar-refractivity contribution in [3.05, 3.63) is 22.3 Å². The van der Waals surface area contributed by atoms with Crippen molar-refractivity contribution in [2.75, 3.05) is 6.54 Å². The van der Waals surface area contributed by atoms with Gasteiger partial charge < -0.3 is 15.4 Å². The largest absolute Gasteiger partial charge is 0.444 e. The number of rotatable bonds is 5. The second kappa shape index (κ2) is 7.24. The molecular formula is C14H23N3O5. The SMILES string of the molecule is C[C@H](NC(=O)OC(C)(C)C)C(=O)N[C@H]1C=C[C@@H](C[N+](=O)[O-])C1. The van der Waals surface area contributed by atoms with Crippen molar-refractivity contribution in [1.82, 2.24) is 10.6 Å². The highest BCUT2D eigenvalue weighted by atomic mass is 16.6. The summed E-state index contributed by atoms with van der Waals surface area (Å²) in [5.41, 5.74) is -0.635. The van der Waals surface area contributed by atoms with E-state index in [1.165, 1.54) is 0 Å². The van der Waals surface area contributed by atoms with Crippen molar-refractivity contribution in [3.63, 3.8) is 0 Å². The maximum absolute atomic E-state index is 12.0. The Morgan fingerprint density at radius 2 is 2.05 bits per heavy atom. The molecule has 0 bridgehead atoms. The van der Waals surface area contributed by atoms with Gasteiger partial charge in [-0.3, -0.25) is 14.9 Å². The van der Waals surface area contributed by atoms with Crippen molar-refractivity contribution in [2.24, 2.45) is 5.92 Å². The molecule has 0 aromatic heterocycles. The zero-order valence-electron chi connectivity index (χ0n) is 13.3. The van der Waals surface area contributed by atoms with Crippen LogP contribution in [0.5, 0.6) is 0 Å². The molecule has 8 heteroatoms. The van der Waals surface area contributed by atoms with Crippen molar-refractivity contribution in [2.45, 2.75) is 51.8 Å². The standard InChI is InChI=1S/C14H23N3O5/c1-9(15-13(19)22-14(2,3)4)12(18)16-11-6-5-10(7-11)8-17(20)21/h5-6,9-11H,7-8H2,1-4H3,(H,15,19)(H,16,18)/t9-,10+,11-/m0/s1. The summed E-state index contributed by atoms with van der Waals surface area (Å²) in [4.78, 5) is 33.6. The minimum absolute atomic E-state index is 0.144. The molecule has 0 saturated carbocycles. The fourth-order valence-electron chi connectivity index (χ4n) is 2.07. The quantitative estimate of drug-likeness (QED) is 0.450. The molecule has 3 atom stereocenters. The van der Waals surface area contributed by atoms with Crippen molar-refractivity contribution in [1.29, 1.82) is 0 Å². The van der Waals surface area contributed by atoms with Gasteiger partial charge in [-0.1, -0.05) is 12.2 Å². The molecule has 1 aliphatic carbocycles. The molecule has 0 saturated heterocycles. The van der Waals surface area contributed by atoms with E-state index in [0.29, 0.717) is 6.42 Å². The number of nitrogens with one attached hydrogen (secondary N) is 2. The maximum Gasteiger partial charge on any atom is 0.408 e. The number of alkyl carbamates (subject to hydrolysis) is 1. The Morgan fingerprint density at radius 3 is 2.59 bits per heavy atom. The van der Waals surface area contributed by atoms with Gasteiger partial charge in [0.15, 0.2) is 0 Å². The molecule has 2 N–H and O–H groups in total. The first kappa shape index (κ1) is 17.9. The third kappa shape index (κ3) is 6.55. The Hall–Kier alpha value is -2.12. The molecule has 0 spiro atoms. The highest BCUT2D eigenvalue weighted by Crippen LogP contribution is 2.18. The van der Waals surface area contributed by atoms with Crippen LogP contribution < -0.4 is 10.6 Å². The highest BCUT2D eigenvalue weighted by molar-refractivity contribution is 5.85. The molecule has 0 aromatic carbocycles. The van der Waals surface area contributed by atoms with Gasteiger partial charge in [-0.05, 0) is 34.1 Å². The molecule has 0 radical (unpaired) electrons. The normalized spacial score (nSPS) is 22.0. The van der Waals surface area contributed by atoms with Gasteiger partial charge >= 0.3 is 6.09 Å². The summed E-state index contributed by atoms with van der Waals surface area (Å²) < 4.78 is 5.07. The summed E-state index contributed by atoms with van der Waals surface area (Å²) in [5.74, 6) is -0.531. The summed E-state index contributed by atoms with van der Waals surface area (Å²) >= 11 is 0. The molecule has 124 valence electrons. The predicted octanol–water partition coefficient (Wildman–Crippen LogP) is 1.24. The van der Waals surface area contributed by atoms with Crippen LogP contribution >= 0.6 is 0 Å². The van der Waals surface area contributed by atoms with Gasteiger partial charge in [-0.15, -0.1) is 0 Å². The lowest BCUT2D eigenvalue weighted by atomic mass is 10.1. The van der Waals surface area contributed by atoms with E-state index < -0.39 is 17.7 Å². The fourth-order valence-corrected chi connectivity index (χ4v) is 2.07. The van der Waals surface area contributed by atoms with Gasteiger partial charge in [0.2, 0.25) is 12.5 Å². The Morgan fingerprint density at radius 1 is 1.41 bits per heavy atom. The average molecular weight is 313 g/mol. The lowest BCUT2D eigenvalue weighted by Crippen LogP contribution is -2.48. The first-order valence-corrected chi connectivity index (χ1v) is 7.17. The second-order valence-corrected chi connectivity index (χ2v) is 6.38. The fraction of sp³-hybridized carbons (Fsp3) is 0.714. The van der Waals surface area contributed by atoms with E-state index in [9.17, 15) is 19.7 Å². The van der Waals surface area contributed by atoms with Crippen LogP contribution in [0.2, 0.25) is 0 Å². The molecule has 2 amide bonds. The number of amides is 2. The molecule has 0 aromatic rings. The van der Waals surface area contributed by atoms with E-state index in [1.807, 2.05) is 0 Å². The second-order valence-electron chi connectivity index (χ2n) is 6.38. The van der Waals surface area contributed by atoms with Crippen LogP contribution in [0, 0.1) is 16.0 Å². The molecule has 1 aliphatic rings. The van der Waals surface area contributed by atoms with Crippen LogP contribution in [0.25, 0.3) is 0 Å². The Balaban J connectivity index is 2.38. The van der Waals surface area contributed by atoms with Gasteiger partial charge in [-0.25, -0.2) is 4.79 Å². The van der Waals surface area contributed by atoms with Crippen molar-refractivity contribution < 1.29 is 19.2 Å². The van der Waals surface area contributed by atoms with Gasteiger partial charge in [0, 0.05) is 16.9 Å². The summed E-state index contributed by atoms with van der Waals surface area (Å²) in [5, 5.41) is 15.6. The van der Waals surface area contributed by atoms with Gasteiger partial charge in [0.25, 0.3) is 0 Å². The Kier molecular flexibility index (Phi) is 5.90. The minimum atomic E-state index is -0.752. The first-order chi connectivity index (χ1) is 10.1. The molecule has 8 nitrogen and oxygen atoms in total. The average Bonchev–Trinajstić information content (AvgIpc) is 2.72. The van der Waals surface area contributed by atoms with Crippen molar-refractivity contribution >= 4 is 12.0 Å². The van der Waals surface area contributed by atoms with E-state index in [4.69, 9.17) is 4.74 Å². The Bertz CT molecular complexity index is 470. The summed E-state index contributed by atoms with van der Waals surface area (Å²) in [6, 6.07) is -1.00. The molecule has 0 aliphatic heterocycles. The first-order valence-electron chi connectivity index (χ1n) is 7.17. The van der Waals surface area contributed by atoms with E-state index in [-0.39, 0.29) is 29.3 Å². The molecule has 22 heavy (non-hydrogen) atoms. The van der Waals surface area contributed by atoms with E-state index in [1.54, 1.807) is 39.8 Å². The number of nitro groups is 1. The molecule has 1 rings (SSSR count). The summed E-state index contributed by atoms with van der Waals surface area (Å²) in [7, 11) is 0. The molecule has 0 fully saturated rings. The number of carbonyl (C=O) groups excluding carboxylic acids is 2. The van der Waals surface area contributed by atoms with Crippen LogP contribution in [0.1, 0.15) is 34.1 Å². The third-order valence-corrected chi connectivity index (χ3v) is 3.01. The molecule has 0 unspecified atom stereocenters. The van der Waals surface area contributed by atoms with Crippen LogP contribution in [-0.4, -0.2) is 41.2 Å². The summed E-state index contributed by atoms with van der Waals surface area (Å²) in [6.07, 6.45) is 3.31. The maximum atomic E-state index is 12.0. The monoisotopic (exact) mass is 313 g/mol. The minimum Gasteiger partial charge on any atom is -0.444 e. The van der Waals surface area contributed by atoms with Crippen LogP contribution in [-0.2, 0) is 9.53 Å². The number of hydrogen-bond acceptors (Lipinski definition) is 5. The third-order valence-electron chi connectivity index (χ3n) is 3.01. The Labute approximate surface area is 129 Å². The lowest BCUT2D eigenvalue weighted by molar-refractivity contribution is -0.485. The molecular weight excluding hydrogens is 290 g/mol. The van der Waals surface area contributed by atoms with Gasteiger partial charge in [-0.2, -0.15) is 0 Å². The van der Waals surface area contributed by atoms with E-state index in [2.05, 4.69) is 10.6 Å². The number of nitrogens with zero attached hydrogens (tertiary/aromatic N) is 1. The van der Waals surface area contributed by atoms with E-state index >= 15 is 0 Å². The van der Waals surface area contributed by atoms with Crippen molar-refractivity contribution in [3.8, 4) is 0 Å².